The molecule has 0 aliphatic carbocycles. The van der Waals surface area contributed by atoms with Crippen molar-refractivity contribution in [3.05, 3.63) is 35.9 Å². The van der Waals surface area contributed by atoms with Crippen molar-refractivity contribution in [1.82, 2.24) is 0 Å². The van der Waals surface area contributed by atoms with E-state index in [1.165, 1.54) is 0 Å². The summed E-state index contributed by atoms with van der Waals surface area (Å²) >= 11 is -2.68. The first kappa shape index (κ1) is 10.0. The highest BCUT2D eigenvalue weighted by Gasteiger charge is 2.09. The zero-order valence-corrected chi connectivity index (χ0v) is 7.40. The van der Waals surface area contributed by atoms with Crippen LogP contribution in [0.15, 0.2) is 30.3 Å². The molecule has 0 saturated heterocycles. The van der Waals surface area contributed by atoms with Gasteiger partial charge in [0.25, 0.3) is 0 Å². The van der Waals surface area contributed by atoms with Crippen molar-refractivity contribution in [3.8, 4) is 0 Å². The molecule has 5 heteroatoms. The highest BCUT2D eigenvalue weighted by atomic mass is 32.2. The lowest BCUT2D eigenvalue weighted by Gasteiger charge is -2.12. The highest BCUT2D eigenvalue weighted by molar-refractivity contribution is 7.74. The van der Waals surface area contributed by atoms with Gasteiger partial charge in [-0.3, -0.25) is 4.18 Å². The van der Waals surface area contributed by atoms with Gasteiger partial charge in [0.1, 0.15) is 0 Å². The van der Waals surface area contributed by atoms with Gasteiger partial charge in [-0.25, -0.2) is 4.21 Å². The molecular weight excluding hydrogens is 192 g/mol. The van der Waals surface area contributed by atoms with Crippen molar-refractivity contribution in [2.75, 3.05) is 0 Å². The summed E-state index contributed by atoms with van der Waals surface area (Å²) in [5.74, 6) is 0. The Kier molecular flexibility index (Phi) is 3.75. The molecule has 1 aromatic carbocycles. The predicted molar refractivity (Wildman–Crippen MR) is 45.3 cm³/mol. The molecule has 4 nitrogen and oxygen atoms in total. The first-order valence-electron chi connectivity index (χ1n) is 3.50. The standard InChI is InChI=1S/C8H8O4S/c9-6-8(12-13(10)11)7-4-2-1-3-5-7/h1-6,8H,(H,10,11)/p-1. The lowest BCUT2D eigenvalue weighted by atomic mass is 10.1. The van der Waals surface area contributed by atoms with E-state index in [0.717, 1.165) is 0 Å². The van der Waals surface area contributed by atoms with Crippen LogP contribution in [-0.4, -0.2) is 15.0 Å². The first-order valence-corrected chi connectivity index (χ1v) is 4.50. The Bertz CT molecular complexity index is 298. The van der Waals surface area contributed by atoms with Crippen LogP contribution >= 0.6 is 0 Å². The second kappa shape index (κ2) is 4.86. The maximum Gasteiger partial charge on any atom is 0.154 e. The van der Waals surface area contributed by atoms with Gasteiger partial charge in [-0.15, -0.1) is 0 Å². The van der Waals surface area contributed by atoms with Gasteiger partial charge < -0.3 is 9.35 Å². The topological polar surface area (TPSA) is 66.4 Å². The fourth-order valence-electron chi connectivity index (χ4n) is 0.884. The smallest absolute Gasteiger partial charge is 0.154 e. The molecule has 0 bridgehead atoms. The Hall–Kier alpha value is -1.04. The van der Waals surface area contributed by atoms with Crippen LogP contribution in [0.2, 0.25) is 0 Å². The van der Waals surface area contributed by atoms with Crippen LogP contribution in [0.4, 0.5) is 0 Å². The average molecular weight is 199 g/mol. The maximum absolute atomic E-state index is 10.4. The fraction of sp³-hybridized carbons (Fsp3) is 0.125. The summed E-state index contributed by atoms with van der Waals surface area (Å²) in [6.45, 7) is 0. The maximum atomic E-state index is 10.4. The monoisotopic (exact) mass is 199 g/mol. The molecule has 0 saturated carbocycles. The molecular formula is C8H7O4S-. The average Bonchev–Trinajstić information content (AvgIpc) is 2.15. The molecule has 0 N–H and O–H groups in total. The van der Waals surface area contributed by atoms with Crippen molar-refractivity contribution in [1.29, 1.82) is 0 Å². The van der Waals surface area contributed by atoms with E-state index >= 15 is 0 Å². The van der Waals surface area contributed by atoms with Gasteiger partial charge in [0.05, 0.1) is 11.4 Å². The molecule has 1 aromatic rings. The summed E-state index contributed by atoms with van der Waals surface area (Å²) in [5.41, 5.74) is 0.515. The number of rotatable bonds is 4. The van der Waals surface area contributed by atoms with Gasteiger partial charge in [-0.05, 0) is 5.56 Å². The Balaban J connectivity index is 2.78. The minimum absolute atomic E-state index is 0.436. The van der Waals surface area contributed by atoms with Crippen LogP contribution < -0.4 is 0 Å². The number of carbonyl (C=O) groups is 1. The van der Waals surface area contributed by atoms with Crippen molar-refractivity contribution in [2.45, 2.75) is 6.10 Å². The van der Waals surface area contributed by atoms with E-state index in [0.29, 0.717) is 11.8 Å². The number of aldehydes is 1. The van der Waals surface area contributed by atoms with Crippen molar-refractivity contribution < 1.29 is 17.7 Å². The molecule has 70 valence electrons. The van der Waals surface area contributed by atoms with Crippen molar-refractivity contribution >= 4 is 17.6 Å². The third-order valence-corrected chi connectivity index (χ3v) is 1.80. The minimum Gasteiger partial charge on any atom is -0.750 e. The molecule has 2 unspecified atom stereocenters. The first-order chi connectivity index (χ1) is 6.24. The van der Waals surface area contributed by atoms with Gasteiger partial charge in [-0.1, -0.05) is 30.3 Å². The van der Waals surface area contributed by atoms with Gasteiger partial charge in [0, 0.05) is 0 Å². The van der Waals surface area contributed by atoms with Crippen LogP contribution in [0.5, 0.6) is 0 Å². The van der Waals surface area contributed by atoms with Crippen LogP contribution in [0.25, 0.3) is 0 Å². The molecule has 0 fully saturated rings. The molecule has 0 amide bonds. The predicted octanol–water partition coefficient (Wildman–Crippen LogP) is 0.737. The van der Waals surface area contributed by atoms with Gasteiger partial charge in [-0.2, -0.15) is 0 Å². The Morgan fingerprint density at radius 3 is 2.46 bits per heavy atom. The third-order valence-electron chi connectivity index (χ3n) is 1.43. The van der Waals surface area contributed by atoms with Gasteiger partial charge in [0.15, 0.2) is 12.4 Å². The SMILES string of the molecule is O=CC(OS(=O)[O-])c1ccccc1. The summed E-state index contributed by atoms with van der Waals surface area (Å²) in [4.78, 5) is 10.4. The second-order valence-corrected chi connectivity index (χ2v) is 2.87. The van der Waals surface area contributed by atoms with Crippen LogP contribution in [0.1, 0.15) is 11.7 Å². The quantitative estimate of drug-likeness (QED) is 0.529. The van der Waals surface area contributed by atoms with Crippen molar-refractivity contribution in [2.24, 2.45) is 0 Å². The molecule has 0 aromatic heterocycles. The lowest BCUT2D eigenvalue weighted by Crippen LogP contribution is -2.07. The molecule has 13 heavy (non-hydrogen) atoms. The van der Waals surface area contributed by atoms with E-state index in [-0.39, 0.29) is 0 Å². The number of benzene rings is 1. The van der Waals surface area contributed by atoms with Crippen LogP contribution in [-0.2, 0) is 20.3 Å². The molecule has 0 aliphatic heterocycles. The van der Waals surface area contributed by atoms with Crippen LogP contribution in [0.3, 0.4) is 0 Å². The fourth-order valence-corrected chi connectivity index (χ4v) is 1.21. The van der Waals surface area contributed by atoms with Crippen LogP contribution in [0, 0.1) is 0 Å². The summed E-state index contributed by atoms with van der Waals surface area (Å²) < 4.78 is 24.7. The van der Waals surface area contributed by atoms with E-state index < -0.39 is 17.5 Å². The molecule has 0 heterocycles. The highest BCUT2D eigenvalue weighted by Crippen LogP contribution is 2.14. The van der Waals surface area contributed by atoms with Crippen molar-refractivity contribution in [3.63, 3.8) is 0 Å². The largest absolute Gasteiger partial charge is 0.750 e. The minimum atomic E-state index is -2.68. The second-order valence-electron chi connectivity index (χ2n) is 2.27. The molecule has 2 atom stereocenters. The third kappa shape index (κ3) is 3.06. The zero-order valence-electron chi connectivity index (χ0n) is 6.58. The van der Waals surface area contributed by atoms with E-state index in [2.05, 4.69) is 4.18 Å². The summed E-state index contributed by atoms with van der Waals surface area (Å²) in [6, 6.07) is 8.39. The molecule has 0 radical (unpaired) electrons. The van der Waals surface area contributed by atoms with E-state index in [9.17, 15) is 13.6 Å². The van der Waals surface area contributed by atoms with E-state index in [4.69, 9.17) is 0 Å². The summed E-state index contributed by atoms with van der Waals surface area (Å²) in [5, 5.41) is 0. The van der Waals surface area contributed by atoms with E-state index in [1.807, 2.05) is 0 Å². The Labute approximate surface area is 78.0 Å². The number of carbonyl (C=O) groups excluding carboxylic acids is 1. The lowest BCUT2D eigenvalue weighted by molar-refractivity contribution is -0.113. The Morgan fingerprint density at radius 2 is 2.00 bits per heavy atom. The van der Waals surface area contributed by atoms with Gasteiger partial charge >= 0.3 is 0 Å². The number of hydrogen-bond donors (Lipinski definition) is 0. The number of hydrogen-bond acceptors (Lipinski definition) is 4. The Morgan fingerprint density at radius 1 is 1.38 bits per heavy atom. The molecule has 0 spiro atoms. The molecule has 1 rings (SSSR count). The normalized spacial score (nSPS) is 14.8. The summed E-state index contributed by atoms with van der Waals surface area (Å²) in [7, 11) is 0. The molecule has 0 aliphatic rings. The zero-order chi connectivity index (χ0) is 9.68. The summed E-state index contributed by atoms with van der Waals surface area (Å²) in [6.07, 6.45) is -0.606. The van der Waals surface area contributed by atoms with E-state index in [1.54, 1.807) is 30.3 Å². The van der Waals surface area contributed by atoms with Gasteiger partial charge in [0.2, 0.25) is 0 Å².